The predicted molar refractivity (Wildman–Crippen MR) is 103 cm³/mol. The Hall–Kier alpha value is -2.69. The highest BCUT2D eigenvalue weighted by Crippen LogP contribution is 2.31. The number of benzene rings is 1. The van der Waals surface area contributed by atoms with Gasteiger partial charge in [-0.1, -0.05) is 18.2 Å². The van der Waals surface area contributed by atoms with E-state index in [-0.39, 0.29) is 5.56 Å². The van der Waals surface area contributed by atoms with E-state index < -0.39 is 0 Å². The van der Waals surface area contributed by atoms with Crippen molar-refractivity contribution in [2.24, 2.45) is 5.92 Å². The van der Waals surface area contributed by atoms with Crippen molar-refractivity contribution in [2.75, 3.05) is 18.0 Å². The van der Waals surface area contributed by atoms with E-state index in [4.69, 9.17) is 0 Å². The lowest BCUT2D eigenvalue weighted by Crippen LogP contribution is -2.50. The van der Waals surface area contributed by atoms with Gasteiger partial charge >= 0.3 is 0 Å². The first-order chi connectivity index (χ1) is 12.8. The molecule has 3 heterocycles. The molecule has 2 aromatic heterocycles. The summed E-state index contributed by atoms with van der Waals surface area (Å²) >= 11 is 0. The third-order valence-corrected chi connectivity index (χ3v) is 5.63. The molecular weight excluding hydrogens is 324 g/mol. The van der Waals surface area contributed by atoms with Gasteiger partial charge in [-0.2, -0.15) is 5.10 Å². The minimum absolute atomic E-state index is 0.0541. The minimum Gasteiger partial charge on any atom is -0.370 e. The quantitative estimate of drug-likeness (QED) is 0.732. The molecule has 0 bridgehead atoms. The Labute approximate surface area is 152 Å². The number of aromatic nitrogens is 3. The Kier molecular flexibility index (Phi) is 3.73. The summed E-state index contributed by atoms with van der Waals surface area (Å²) in [6, 6.07) is 12.1. The molecule has 5 rings (SSSR count). The molecule has 0 atom stereocenters. The standard InChI is InChI=1S/C21H22N4O/c26-21-11-16-5-1-3-7-18(16)23-25(21)14-15-12-24(13-15)20-9-10-22-19-8-4-2-6-17(19)20/h2,4,6,8-11,15H,1,3,5,7,12-14H2. The summed E-state index contributed by atoms with van der Waals surface area (Å²) in [6.45, 7) is 2.63. The fourth-order valence-corrected chi connectivity index (χ4v) is 4.21. The van der Waals surface area contributed by atoms with Gasteiger partial charge in [0.05, 0.1) is 17.8 Å². The van der Waals surface area contributed by atoms with Crippen LogP contribution in [0.4, 0.5) is 5.69 Å². The van der Waals surface area contributed by atoms with Crippen LogP contribution in [-0.4, -0.2) is 27.9 Å². The van der Waals surface area contributed by atoms with Crippen LogP contribution < -0.4 is 10.5 Å². The molecule has 1 fully saturated rings. The maximum Gasteiger partial charge on any atom is 0.267 e. The molecule has 0 radical (unpaired) electrons. The second-order valence-corrected chi connectivity index (χ2v) is 7.46. The zero-order chi connectivity index (χ0) is 17.5. The van der Waals surface area contributed by atoms with Crippen molar-refractivity contribution in [3.63, 3.8) is 0 Å². The van der Waals surface area contributed by atoms with Gasteiger partial charge in [0.1, 0.15) is 0 Å². The third-order valence-electron chi connectivity index (χ3n) is 5.63. The average Bonchev–Trinajstić information content (AvgIpc) is 2.64. The van der Waals surface area contributed by atoms with Crippen LogP contribution >= 0.6 is 0 Å². The van der Waals surface area contributed by atoms with Crippen molar-refractivity contribution in [1.82, 2.24) is 14.8 Å². The Morgan fingerprint density at radius 1 is 1.08 bits per heavy atom. The van der Waals surface area contributed by atoms with Crippen LogP contribution in [0.25, 0.3) is 10.9 Å². The number of para-hydroxylation sites is 1. The fraction of sp³-hybridized carbons (Fsp3) is 0.381. The van der Waals surface area contributed by atoms with Crippen molar-refractivity contribution in [3.8, 4) is 0 Å². The molecule has 0 N–H and O–H groups in total. The van der Waals surface area contributed by atoms with Crippen LogP contribution in [0, 0.1) is 5.92 Å². The topological polar surface area (TPSA) is 51.0 Å². The van der Waals surface area contributed by atoms with Gasteiger partial charge in [-0.15, -0.1) is 0 Å². The second-order valence-electron chi connectivity index (χ2n) is 7.46. The number of hydrogen-bond donors (Lipinski definition) is 0. The number of pyridine rings is 1. The van der Waals surface area contributed by atoms with E-state index in [0.29, 0.717) is 12.5 Å². The highest BCUT2D eigenvalue weighted by molar-refractivity contribution is 5.91. The Morgan fingerprint density at radius 3 is 2.85 bits per heavy atom. The summed E-state index contributed by atoms with van der Waals surface area (Å²) in [5, 5.41) is 5.85. The largest absolute Gasteiger partial charge is 0.370 e. The fourth-order valence-electron chi connectivity index (χ4n) is 4.21. The SMILES string of the molecule is O=c1cc2c(nn1CC1CN(c3ccnc4ccccc34)C1)CCCC2. The second kappa shape index (κ2) is 6.24. The van der Waals surface area contributed by atoms with E-state index in [9.17, 15) is 4.79 Å². The summed E-state index contributed by atoms with van der Waals surface area (Å²) in [5.41, 5.74) is 4.61. The van der Waals surface area contributed by atoms with Crippen LogP contribution in [0.5, 0.6) is 0 Å². The maximum atomic E-state index is 12.4. The molecule has 0 unspecified atom stereocenters. The molecule has 1 saturated heterocycles. The molecule has 1 aromatic carbocycles. The van der Waals surface area contributed by atoms with E-state index >= 15 is 0 Å². The molecule has 2 aliphatic rings. The summed E-state index contributed by atoms with van der Waals surface area (Å²) in [6.07, 6.45) is 6.25. The zero-order valence-corrected chi connectivity index (χ0v) is 14.8. The lowest BCUT2D eigenvalue weighted by atomic mass is 9.96. The number of hydrogen-bond acceptors (Lipinski definition) is 4. The molecule has 0 spiro atoms. The van der Waals surface area contributed by atoms with Gasteiger partial charge in [0.25, 0.3) is 5.56 Å². The highest BCUT2D eigenvalue weighted by Gasteiger charge is 2.29. The van der Waals surface area contributed by atoms with Crippen LogP contribution in [0.15, 0.2) is 47.4 Å². The third kappa shape index (κ3) is 2.68. The van der Waals surface area contributed by atoms with Gasteiger partial charge in [-0.25, -0.2) is 4.68 Å². The van der Waals surface area contributed by atoms with Gasteiger partial charge in [-0.05, 0) is 43.4 Å². The van der Waals surface area contributed by atoms with E-state index in [2.05, 4.69) is 33.2 Å². The van der Waals surface area contributed by atoms with Crippen molar-refractivity contribution in [1.29, 1.82) is 0 Å². The van der Waals surface area contributed by atoms with E-state index in [1.807, 2.05) is 24.4 Å². The van der Waals surface area contributed by atoms with Crippen LogP contribution in [0.2, 0.25) is 0 Å². The van der Waals surface area contributed by atoms with Crippen LogP contribution in [-0.2, 0) is 19.4 Å². The van der Waals surface area contributed by atoms with E-state index in [0.717, 1.165) is 42.7 Å². The average molecular weight is 346 g/mol. The molecule has 1 aliphatic heterocycles. The molecule has 0 saturated carbocycles. The van der Waals surface area contributed by atoms with Gasteiger partial charge in [0, 0.05) is 42.3 Å². The number of anilines is 1. The summed E-state index contributed by atoms with van der Waals surface area (Å²) in [7, 11) is 0. The van der Waals surface area contributed by atoms with Crippen molar-refractivity contribution < 1.29 is 0 Å². The molecule has 5 nitrogen and oxygen atoms in total. The smallest absolute Gasteiger partial charge is 0.267 e. The van der Waals surface area contributed by atoms with Crippen molar-refractivity contribution in [2.45, 2.75) is 32.2 Å². The first-order valence-corrected chi connectivity index (χ1v) is 9.46. The molecule has 3 aromatic rings. The van der Waals surface area contributed by atoms with Crippen LogP contribution in [0.1, 0.15) is 24.1 Å². The Morgan fingerprint density at radius 2 is 1.92 bits per heavy atom. The lowest BCUT2D eigenvalue weighted by Gasteiger charge is -2.41. The van der Waals surface area contributed by atoms with Gasteiger partial charge in [0.2, 0.25) is 0 Å². The lowest BCUT2D eigenvalue weighted by molar-refractivity contribution is 0.332. The predicted octanol–water partition coefficient (Wildman–Crippen LogP) is 2.81. The van der Waals surface area contributed by atoms with Crippen LogP contribution in [0.3, 0.4) is 0 Å². The summed E-state index contributed by atoms with van der Waals surface area (Å²) < 4.78 is 1.69. The number of rotatable bonds is 3. The molecule has 1 aliphatic carbocycles. The molecule has 132 valence electrons. The zero-order valence-electron chi connectivity index (χ0n) is 14.8. The van der Waals surface area contributed by atoms with Gasteiger partial charge in [0.15, 0.2) is 0 Å². The van der Waals surface area contributed by atoms with Crippen molar-refractivity contribution in [3.05, 3.63) is 64.2 Å². The number of nitrogens with zero attached hydrogens (tertiary/aromatic N) is 4. The van der Waals surface area contributed by atoms with Gasteiger partial charge < -0.3 is 4.90 Å². The Balaban J connectivity index is 1.32. The minimum atomic E-state index is 0.0541. The Bertz CT molecular complexity index is 1010. The van der Waals surface area contributed by atoms with Gasteiger partial charge in [-0.3, -0.25) is 9.78 Å². The first-order valence-electron chi connectivity index (χ1n) is 9.46. The molecular formula is C21H22N4O. The molecule has 5 heteroatoms. The summed E-state index contributed by atoms with van der Waals surface area (Å²) in [4.78, 5) is 19.2. The monoisotopic (exact) mass is 346 g/mol. The van der Waals surface area contributed by atoms with E-state index in [1.54, 1.807) is 4.68 Å². The summed E-state index contributed by atoms with van der Waals surface area (Å²) in [5.74, 6) is 0.466. The number of fused-ring (bicyclic) bond motifs is 2. The highest BCUT2D eigenvalue weighted by atomic mass is 16.1. The first kappa shape index (κ1) is 15.6. The van der Waals surface area contributed by atoms with E-state index in [1.165, 1.54) is 23.9 Å². The number of aryl methyl sites for hydroxylation is 2. The normalized spacial score (nSPS) is 17.2. The molecule has 0 amide bonds. The van der Waals surface area contributed by atoms with Crippen molar-refractivity contribution >= 4 is 16.6 Å². The maximum absolute atomic E-state index is 12.4. The molecule has 26 heavy (non-hydrogen) atoms.